The van der Waals surface area contributed by atoms with Crippen molar-refractivity contribution in [2.45, 2.75) is 50.5 Å². The Labute approximate surface area is 96.0 Å². The van der Waals surface area contributed by atoms with E-state index in [0.717, 1.165) is 19.5 Å². The molecule has 2 saturated heterocycles. The van der Waals surface area contributed by atoms with E-state index in [-0.39, 0.29) is 0 Å². The monoisotopic (exact) mass is 221 g/mol. The predicted molar refractivity (Wildman–Crippen MR) is 61.1 cm³/mol. The molecule has 16 heavy (non-hydrogen) atoms. The lowest BCUT2D eigenvalue weighted by Gasteiger charge is -2.19. The van der Waals surface area contributed by atoms with Gasteiger partial charge in [0.2, 0.25) is 0 Å². The zero-order valence-corrected chi connectivity index (χ0v) is 9.51. The molecule has 2 bridgehead atoms. The van der Waals surface area contributed by atoms with Gasteiger partial charge in [-0.25, -0.2) is 4.98 Å². The lowest BCUT2D eigenvalue weighted by Crippen LogP contribution is -2.38. The number of rotatable bonds is 5. The number of aryl methyl sites for hydroxylation is 1. The van der Waals surface area contributed by atoms with Crippen LogP contribution in [0.1, 0.15) is 25.7 Å². The second-order valence-corrected chi connectivity index (χ2v) is 4.82. The zero-order valence-electron chi connectivity index (χ0n) is 9.51. The molecule has 4 heteroatoms. The van der Waals surface area contributed by atoms with Gasteiger partial charge in [0.05, 0.1) is 18.5 Å². The second-order valence-electron chi connectivity index (χ2n) is 4.82. The lowest BCUT2D eigenvalue weighted by molar-refractivity contribution is 0.0974. The van der Waals surface area contributed by atoms with E-state index in [0.29, 0.717) is 18.2 Å². The van der Waals surface area contributed by atoms with Crippen molar-refractivity contribution in [2.24, 2.45) is 0 Å². The molecule has 3 rings (SSSR count). The SMILES string of the molecule is c1cn(CCCNC2CC3CCC2O3)cn1. The van der Waals surface area contributed by atoms with Crippen molar-refractivity contribution in [1.29, 1.82) is 0 Å². The Morgan fingerprint density at radius 2 is 2.44 bits per heavy atom. The number of fused-ring (bicyclic) bond motifs is 2. The number of nitrogens with zero attached hydrogens (tertiary/aromatic N) is 2. The average Bonchev–Trinajstić information content (AvgIpc) is 3.01. The molecule has 0 aromatic carbocycles. The van der Waals surface area contributed by atoms with Gasteiger partial charge in [-0.05, 0) is 32.2 Å². The molecule has 1 aromatic heterocycles. The van der Waals surface area contributed by atoms with Gasteiger partial charge in [-0.15, -0.1) is 0 Å². The molecule has 3 unspecified atom stereocenters. The Morgan fingerprint density at radius 1 is 1.44 bits per heavy atom. The van der Waals surface area contributed by atoms with Crippen molar-refractivity contribution in [2.75, 3.05) is 6.54 Å². The van der Waals surface area contributed by atoms with Gasteiger partial charge in [0.1, 0.15) is 0 Å². The normalized spacial score (nSPS) is 32.4. The summed E-state index contributed by atoms with van der Waals surface area (Å²) < 4.78 is 7.93. The molecule has 88 valence electrons. The van der Waals surface area contributed by atoms with Crippen molar-refractivity contribution < 1.29 is 4.74 Å². The minimum atomic E-state index is 0.498. The molecule has 3 atom stereocenters. The molecule has 2 fully saturated rings. The van der Waals surface area contributed by atoms with Crippen LogP contribution in [-0.2, 0) is 11.3 Å². The summed E-state index contributed by atoms with van der Waals surface area (Å²) in [6.07, 6.45) is 11.7. The summed E-state index contributed by atoms with van der Waals surface area (Å²) in [6.45, 7) is 2.13. The van der Waals surface area contributed by atoms with Crippen LogP contribution in [0, 0.1) is 0 Å². The van der Waals surface area contributed by atoms with E-state index >= 15 is 0 Å². The molecule has 4 nitrogen and oxygen atoms in total. The summed E-state index contributed by atoms with van der Waals surface area (Å²) in [7, 11) is 0. The highest BCUT2D eigenvalue weighted by atomic mass is 16.5. The minimum Gasteiger partial charge on any atom is -0.373 e. The highest BCUT2D eigenvalue weighted by Gasteiger charge is 2.40. The maximum Gasteiger partial charge on any atom is 0.0945 e. The van der Waals surface area contributed by atoms with Crippen LogP contribution in [0.3, 0.4) is 0 Å². The molecule has 0 radical (unpaired) electrons. The Bertz CT molecular complexity index is 325. The van der Waals surface area contributed by atoms with E-state index < -0.39 is 0 Å². The van der Waals surface area contributed by atoms with Crippen LogP contribution in [0.5, 0.6) is 0 Å². The Kier molecular flexibility index (Phi) is 2.93. The maximum absolute atomic E-state index is 5.81. The molecular weight excluding hydrogens is 202 g/mol. The standard InChI is InChI=1S/C12H19N3O/c1(6-15-7-5-13-9-15)4-14-11-8-10-2-3-12(11)16-10/h5,7,9-12,14H,1-4,6,8H2. The fraction of sp³-hybridized carbons (Fsp3) is 0.750. The van der Waals surface area contributed by atoms with Gasteiger partial charge >= 0.3 is 0 Å². The molecule has 0 saturated carbocycles. The maximum atomic E-state index is 5.81. The second kappa shape index (κ2) is 4.55. The molecule has 0 spiro atoms. The van der Waals surface area contributed by atoms with E-state index in [1.165, 1.54) is 19.3 Å². The smallest absolute Gasteiger partial charge is 0.0945 e. The zero-order chi connectivity index (χ0) is 10.8. The molecule has 2 aliphatic heterocycles. The molecular formula is C12H19N3O. The Hall–Kier alpha value is -0.870. The van der Waals surface area contributed by atoms with Crippen molar-refractivity contribution in [3.8, 4) is 0 Å². The minimum absolute atomic E-state index is 0.498. The first kappa shape index (κ1) is 10.3. The molecule has 1 aromatic rings. The molecule has 2 aliphatic rings. The number of nitrogens with one attached hydrogen (secondary N) is 1. The highest BCUT2D eigenvalue weighted by molar-refractivity contribution is 4.93. The van der Waals surface area contributed by atoms with Crippen LogP contribution in [0.15, 0.2) is 18.7 Å². The number of aromatic nitrogens is 2. The van der Waals surface area contributed by atoms with Crippen LogP contribution in [0.2, 0.25) is 0 Å². The van der Waals surface area contributed by atoms with Gasteiger partial charge in [0.25, 0.3) is 0 Å². The van der Waals surface area contributed by atoms with Crippen LogP contribution in [-0.4, -0.2) is 34.3 Å². The van der Waals surface area contributed by atoms with Crippen LogP contribution >= 0.6 is 0 Å². The van der Waals surface area contributed by atoms with Crippen LogP contribution in [0.4, 0.5) is 0 Å². The topological polar surface area (TPSA) is 39.1 Å². The molecule has 1 N–H and O–H groups in total. The first-order chi connectivity index (χ1) is 7.92. The third-order valence-corrected chi connectivity index (χ3v) is 3.66. The van der Waals surface area contributed by atoms with E-state index in [2.05, 4.69) is 14.9 Å². The van der Waals surface area contributed by atoms with Gasteiger partial charge in [0, 0.05) is 25.0 Å². The van der Waals surface area contributed by atoms with E-state index in [4.69, 9.17) is 4.74 Å². The molecule has 3 heterocycles. The lowest BCUT2D eigenvalue weighted by atomic mass is 9.95. The van der Waals surface area contributed by atoms with Crippen molar-refractivity contribution in [1.82, 2.24) is 14.9 Å². The Morgan fingerprint density at radius 3 is 3.12 bits per heavy atom. The van der Waals surface area contributed by atoms with Crippen molar-refractivity contribution in [3.63, 3.8) is 0 Å². The summed E-state index contributed by atoms with van der Waals surface area (Å²) in [5, 5.41) is 3.62. The third-order valence-electron chi connectivity index (χ3n) is 3.66. The average molecular weight is 221 g/mol. The summed E-state index contributed by atoms with van der Waals surface area (Å²) in [5.41, 5.74) is 0. The van der Waals surface area contributed by atoms with Crippen molar-refractivity contribution in [3.05, 3.63) is 18.7 Å². The van der Waals surface area contributed by atoms with Gasteiger partial charge in [-0.2, -0.15) is 0 Å². The first-order valence-corrected chi connectivity index (χ1v) is 6.26. The number of hydrogen-bond acceptors (Lipinski definition) is 3. The highest BCUT2D eigenvalue weighted by Crippen LogP contribution is 2.34. The van der Waals surface area contributed by atoms with E-state index in [9.17, 15) is 0 Å². The summed E-state index contributed by atoms with van der Waals surface area (Å²) >= 11 is 0. The Balaban J connectivity index is 1.35. The van der Waals surface area contributed by atoms with Crippen LogP contribution in [0.25, 0.3) is 0 Å². The largest absolute Gasteiger partial charge is 0.373 e. The summed E-state index contributed by atoms with van der Waals surface area (Å²) in [4.78, 5) is 4.03. The molecule has 0 aliphatic carbocycles. The summed E-state index contributed by atoms with van der Waals surface area (Å²) in [6, 6.07) is 0.613. The van der Waals surface area contributed by atoms with E-state index in [1.54, 1.807) is 0 Å². The van der Waals surface area contributed by atoms with Crippen LogP contribution < -0.4 is 5.32 Å². The first-order valence-electron chi connectivity index (χ1n) is 6.26. The fourth-order valence-corrected chi connectivity index (χ4v) is 2.82. The quantitative estimate of drug-likeness (QED) is 0.759. The number of ether oxygens (including phenoxy) is 1. The predicted octanol–water partition coefficient (Wildman–Crippen LogP) is 1.18. The number of hydrogen-bond donors (Lipinski definition) is 1. The van der Waals surface area contributed by atoms with Gasteiger partial charge in [-0.3, -0.25) is 0 Å². The molecule has 0 amide bonds. The number of imidazole rings is 1. The van der Waals surface area contributed by atoms with E-state index in [1.807, 2.05) is 18.7 Å². The van der Waals surface area contributed by atoms with Gasteiger partial charge in [-0.1, -0.05) is 0 Å². The van der Waals surface area contributed by atoms with Gasteiger partial charge in [0.15, 0.2) is 0 Å². The third kappa shape index (κ3) is 2.13. The van der Waals surface area contributed by atoms with Gasteiger partial charge < -0.3 is 14.6 Å². The fourth-order valence-electron chi connectivity index (χ4n) is 2.82. The van der Waals surface area contributed by atoms with Crippen molar-refractivity contribution >= 4 is 0 Å². The summed E-state index contributed by atoms with van der Waals surface area (Å²) in [5.74, 6) is 0.